The minimum atomic E-state index is 0.379. The summed E-state index contributed by atoms with van der Waals surface area (Å²) in [4.78, 5) is 0. The average molecular weight is 473 g/mol. The van der Waals surface area contributed by atoms with E-state index in [1.54, 1.807) is 0 Å². The molecule has 0 saturated carbocycles. The van der Waals surface area contributed by atoms with E-state index in [0.717, 1.165) is 59.3 Å². The van der Waals surface area contributed by atoms with Crippen molar-refractivity contribution in [3.8, 4) is 0 Å². The van der Waals surface area contributed by atoms with Gasteiger partial charge in [0.1, 0.15) is 0 Å². The first-order valence-corrected chi connectivity index (χ1v) is 13.2. The van der Waals surface area contributed by atoms with Gasteiger partial charge in [-0.2, -0.15) is 0 Å². The van der Waals surface area contributed by atoms with Crippen molar-refractivity contribution >= 4 is 0 Å². The van der Waals surface area contributed by atoms with Crippen molar-refractivity contribution in [3.63, 3.8) is 0 Å². The van der Waals surface area contributed by atoms with E-state index in [9.17, 15) is 0 Å². The van der Waals surface area contributed by atoms with Gasteiger partial charge >= 0.3 is 0 Å². The molecule has 0 radical (unpaired) electrons. The summed E-state index contributed by atoms with van der Waals surface area (Å²) in [5, 5.41) is 0. The zero-order chi connectivity index (χ0) is 25.1. The summed E-state index contributed by atoms with van der Waals surface area (Å²) < 4.78 is 29.4. The normalized spacial score (nSPS) is 17.2. The first kappa shape index (κ1) is 32.5. The predicted molar refractivity (Wildman–Crippen MR) is 139 cm³/mol. The van der Waals surface area contributed by atoms with Gasteiger partial charge in [0.15, 0.2) is 0 Å². The van der Waals surface area contributed by atoms with Crippen LogP contribution >= 0.6 is 0 Å². The summed E-state index contributed by atoms with van der Waals surface area (Å²) in [7, 11) is 0. The first-order chi connectivity index (χ1) is 15.7. The quantitative estimate of drug-likeness (QED) is 0.174. The summed E-state index contributed by atoms with van der Waals surface area (Å²) in [6.45, 7) is 27.0. The third kappa shape index (κ3) is 19.5. The molecular formula is C28H56O5. The molecule has 5 atom stereocenters. The lowest BCUT2D eigenvalue weighted by molar-refractivity contribution is -0.0162. The molecule has 0 rings (SSSR count). The molecule has 0 aromatic carbocycles. The average Bonchev–Trinajstić information content (AvgIpc) is 2.77. The minimum absolute atomic E-state index is 0.379. The van der Waals surface area contributed by atoms with E-state index in [2.05, 4.69) is 61.5 Å². The number of allylic oxidation sites excluding steroid dienone is 1. The van der Waals surface area contributed by atoms with Crippen LogP contribution in [0.1, 0.15) is 68.7 Å². The van der Waals surface area contributed by atoms with Gasteiger partial charge in [0.25, 0.3) is 0 Å². The Hall–Kier alpha value is -0.460. The van der Waals surface area contributed by atoms with Crippen LogP contribution in [0.3, 0.4) is 0 Å². The Morgan fingerprint density at radius 2 is 0.939 bits per heavy atom. The maximum atomic E-state index is 6.01. The molecule has 0 aliphatic carbocycles. The summed E-state index contributed by atoms with van der Waals surface area (Å²) in [6.07, 6.45) is 3.25. The zero-order valence-electron chi connectivity index (χ0n) is 23.4. The lowest BCUT2D eigenvalue weighted by Crippen LogP contribution is -2.25. The molecule has 5 unspecified atom stereocenters. The molecule has 5 nitrogen and oxygen atoms in total. The van der Waals surface area contributed by atoms with E-state index in [1.807, 2.05) is 6.92 Å². The van der Waals surface area contributed by atoms with Gasteiger partial charge in [-0.1, -0.05) is 66.5 Å². The minimum Gasteiger partial charge on any atom is -0.381 e. The van der Waals surface area contributed by atoms with Gasteiger partial charge in [0.05, 0.1) is 59.5 Å². The fourth-order valence-electron chi connectivity index (χ4n) is 2.98. The fourth-order valence-corrected chi connectivity index (χ4v) is 2.98. The largest absolute Gasteiger partial charge is 0.381 e. The van der Waals surface area contributed by atoms with Gasteiger partial charge in [0.2, 0.25) is 0 Å². The van der Waals surface area contributed by atoms with Crippen LogP contribution < -0.4 is 0 Å². The smallest absolute Gasteiger partial charge is 0.0674 e. The third-order valence-corrected chi connectivity index (χ3v) is 5.94. The van der Waals surface area contributed by atoms with E-state index in [-0.39, 0.29) is 0 Å². The highest BCUT2D eigenvalue weighted by Crippen LogP contribution is 2.14. The Morgan fingerprint density at radius 1 is 0.576 bits per heavy atom. The molecule has 0 aromatic heterocycles. The molecule has 0 N–H and O–H groups in total. The molecule has 0 aliphatic rings. The molecule has 33 heavy (non-hydrogen) atoms. The molecule has 0 amide bonds. The van der Waals surface area contributed by atoms with Crippen LogP contribution in [0.5, 0.6) is 0 Å². The highest BCUT2D eigenvalue weighted by molar-refractivity contribution is 4.95. The second-order valence-electron chi connectivity index (χ2n) is 10.6. The molecule has 0 aromatic rings. The van der Waals surface area contributed by atoms with Crippen molar-refractivity contribution < 1.29 is 23.7 Å². The third-order valence-electron chi connectivity index (χ3n) is 5.94. The van der Waals surface area contributed by atoms with Crippen molar-refractivity contribution in [2.45, 2.75) is 68.7 Å². The Labute approximate surface area is 205 Å². The topological polar surface area (TPSA) is 46.2 Å². The molecular weight excluding hydrogens is 416 g/mol. The van der Waals surface area contributed by atoms with E-state index >= 15 is 0 Å². The SMILES string of the molecule is C/C=C(\C)COCC(C)COCC(C)COCC(C)COCC(COCC(C)CC)C(C)C. The van der Waals surface area contributed by atoms with Gasteiger partial charge in [-0.25, -0.2) is 0 Å². The van der Waals surface area contributed by atoms with E-state index in [1.165, 1.54) is 5.57 Å². The summed E-state index contributed by atoms with van der Waals surface area (Å²) >= 11 is 0. The van der Waals surface area contributed by atoms with Crippen LogP contribution in [-0.4, -0.2) is 66.1 Å². The Bertz CT molecular complexity index is 465. The second-order valence-corrected chi connectivity index (χ2v) is 10.6. The molecule has 0 saturated heterocycles. The summed E-state index contributed by atoms with van der Waals surface area (Å²) in [6, 6.07) is 0. The highest BCUT2D eigenvalue weighted by atomic mass is 16.5. The molecule has 5 heteroatoms. The number of rotatable bonds is 22. The van der Waals surface area contributed by atoms with E-state index < -0.39 is 0 Å². The maximum Gasteiger partial charge on any atom is 0.0674 e. The van der Waals surface area contributed by atoms with Gasteiger partial charge in [0, 0.05) is 30.3 Å². The van der Waals surface area contributed by atoms with Crippen molar-refractivity contribution in [2.24, 2.45) is 35.5 Å². The van der Waals surface area contributed by atoms with Crippen LogP contribution in [0.25, 0.3) is 0 Å². The Balaban J connectivity index is 3.82. The predicted octanol–water partition coefficient (Wildman–Crippen LogP) is 6.26. The maximum absolute atomic E-state index is 6.01. The summed E-state index contributed by atoms with van der Waals surface area (Å²) in [5.41, 5.74) is 1.26. The van der Waals surface area contributed by atoms with Crippen molar-refractivity contribution in [2.75, 3.05) is 66.1 Å². The number of hydrogen-bond acceptors (Lipinski definition) is 5. The fraction of sp³-hybridized carbons (Fsp3) is 0.929. The molecule has 0 bridgehead atoms. The monoisotopic (exact) mass is 472 g/mol. The van der Waals surface area contributed by atoms with Gasteiger partial charge < -0.3 is 23.7 Å². The highest BCUT2D eigenvalue weighted by Gasteiger charge is 2.16. The lowest BCUT2D eigenvalue weighted by Gasteiger charge is -2.23. The van der Waals surface area contributed by atoms with E-state index in [0.29, 0.717) is 48.7 Å². The van der Waals surface area contributed by atoms with Crippen LogP contribution in [0, 0.1) is 35.5 Å². The van der Waals surface area contributed by atoms with Crippen molar-refractivity contribution in [3.05, 3.63) is 11.6 Å². The van der Waals surface area contributed by atoms with Crippen LogP contribution in [0.15, 0.2) is 11.6 Å². The lowest BCUT2D eigenvalue weighted by atomic mass is 9.98. The Kier molecular flexibility index (Phi) is 20.6. The Morgan fingerprint density at radius 3 is 1.30 bits per heavy atom. The first-order valence-electron chi connectivity index (χ1n) is 13.2. The van der Waals surface area contributed by atoms with Gasteiger partial charge in [-0.3, -0.25) is 0 Å². The van der Waals surface area contributed by atoms with Crippen LogP contribution in [0.2, 0.25) is 0 Å². The molecule has 0 aliphatic heterocycles. The molecule has 0 fully saturated rings. The zero-order valence-corrected chi connectivity index (χ0v) is 23.4. The number of ether oxygens (including phenoxy) is 5. The van der Waals surface area contributed by atoms with E-state index in [4.69, 9.17) is 23.7 Å². The molecule has 0 spiro atoms. The number of hydrogen-bond donors (Lipinski definition) is 0. The molecule has 0 heterocycles. The summed E-state index contributed by atoms with van der Waals surface area (Å²) in [5.74, 6) is 2.78. The van der Waals surface area contributed by atoms with Crippen LogP contribution in [-0.2, 0) is 23.7 Å². The van der Waals surface area contributed by atoms with Crippen molar-refractivity contribution in [1.29, 1.82) is 0 Å². The molecule has 198 valence electrons. The van der Waals surface area contributed by atoms with Crippen molar-refractivity contribution in [1.82, 2.24) is 0 Å². The van der Waals surface area contributed by atoms with Gasteiger partial charge in [-0.05, 0) is 25.7 Å². The van der Waals surface area contributed by atoms with Crippen LogP contribution in [0.4, 0.5) is 0 Å². The van der Waals surface area contributed by atoms with Gasteiger partial charge in [-0.15, -0.1) is 0 Å². The second kappa shape index (κ2) is 20.9. The standard InChI is InChI=1S/C28H56O5/c1-10-23(5)12-29-14-25(7)15-30-16-26(8)17-31-18-27(9)19-33-21-28(22(3)4)20-32-13-24(6)11-2/h10,22,24-28H,11-21H2,1-9H3/b23-10+.